The molecule has 0 spiro atoms. The molecular formula is C13H25N3O3. The molecule has 1 fully saturated rings. The van der Waals surface area contributed by atoms with Crippen molar-refractivity contribution >= 4 is 12.0 Å². The van der Waals surface area contributed by atoms with E-state index in [1.54, 1.807) is 4.90 Å². The van der Waals surface area contributed by atoms with Gasteiger partial charge < -0.3 is 15.3 Å². The highest BCUT2D eigenvalue weighted by atomic mass is 16.4. The summed E-state index contributed by atoms with van der Waals surface area (Å²) >= 11 is 0. The number of piperazine rings is 1. The van der Waals surface area contributed by atoms with Crippen LogP contribution >= 0.6 is 0 Å². The van der Waals surface area contributed by atoms with Crippen LogP contribution in [0.15, 0.2) is 0 Å². The molecule has 19 heavy (non-hydrogen) atoms. The Bertz CT molecular complexity index is 322. The molecule has 0 bridgehead atoms. The number of carboxylic acids is 1. The first kappa shape index (κ1) is 15.8. The Morgan fingerprint density at radius 2 is 2.05 bits per heavy atom. The van der Waals surface area contributed by atoms with Gasteiger partial charge >= 0.3 is 12.0 Å². The fourth-order valence-electron chi connectivity index (χ4n) is 2.44. The lowest BCUT2D eigenvalue weighted by atomic mass is 10.1. The van der Waals surface area contributed by atoms with Crippen LogP contribution in [-0.4, -0.2) is 65.2 Å². The lowest BCUT2D eigenvalue weighted by Gasteiger charge is -2.39. The molecule has 0 aromatic rings. The van der Waals surface area contributed by atoms with Crippen molar-refractivity contribution in [3.8, 4) is 0 Å². The second-order valence-corrected chi connectivity index (χ2v) is 5.05. The molecule has 6 nitrogen and oxygen atoms in total. The molecule has 0 radical (unpaired) electrons. The zero-order valence-corrected chi connectivity index (χ0v) is 12.1. The van der Waals surface area contributed by atoms with E-state index in [1.807, 2.05) is 6.92 Å². The highest BCUT2D eigenvalue weighted by molar-refractivity contribution is 5.82. The third-order valence-corrected chi connectivity index (χ3v) is 3.63. The SMILES string of the molecule is CCCC(NC(=O)N1CCN(CC)C(C)C1)C(=O)O. The maximum absolute atomic E-state index is 12.1. The number of carboxylic acid groups (broad SMARTS) is 1. The maximum Gasteiger partial charge on any atom is 0.326 e. The van der Waals surface area contributed by atoms with Gasteiger partial charge in [0.1, 0.15) is 6.04 Å². The molecule has 1 saturated heterocycles. The highest BCUT2D eigenvalue weighted by Crippen LogP contribution is 2.09. The first-order valence-electron chi connectivity index (χ1n) is 7.01. The molecule has 0 aromatic heterocycles. The second kappa shape index (κ2) is 7.33. The number of carbonyl (C=O) groups excluding carboxylic acids is 1. The van der Waals surface area contributed by atoms with Gasteiger partial charge in [0.25, 0.3) is 0 Å². The van der Waals surface area contributed by atoms with Crippen molar-refractivity contribution in [2.45, 2.75) is 45.7 Å². The third kappa shape index (κ3) is 4.38. The molecule has 1 aliphatic rings. The van der Waals surface area contributed by atoms with Crippen molar-refractivity contribution in [2.75, 3.05) is 26.2 Å². The summed E-state index contributed by atoms with van der Waals surface area (Å²) in [5, 5.41) is 11.7. The summed E-state index contributed by atoms with van der Waals surface area (Å²) in [7, 11) is 0. The number of likely N-dealkylation sites (N-methyl/N-ethyl adjacent to an activating group) is 1. The Morgan fingerprint density at radius 3 is 2.53 bits per heavy atom. The average Bonchev–Trinajstić information content (AvgIpc) is 2.37. The topological polar surface area (TPSA) is 72.9 Å². The summed E-state index contributed by atoms with van der Waals surface area (Å²) in [5.74, 6) is -0.963. The van der Waals surface area contributed by atoms with Crippen LogP contribution < -0.4 is 5.32 Å². The van der Waals surface area contributed by atoms with Gasteiger partial charge in [-0.05, 0) is 19.9 Å². The smallest absolute Gasteiger partial charge is 0.326 e. The largest absolute Gasteiger partial charge is 0.480 e. The molecule has 110 valence electrons. The summed E-state index contributed by atoms with van der Waals surface area (Å²) in [6, 6.07) is -0.723. The Morgan fingerprint density at radius 1 is 1.37 bits per heavy atom. The van der Waals surface area contributed by atoms with E-state index in [9.17, 15) is 9.59 Å². The normalized spacial score (nSPS) is 22.1. The minimum absolute atomic E-state index is 0.261. The van der Waals surface area contributed by atoms with Crippen molar-refractivity contribution in [3.63, 3.8) is 0 Å². The van der Waals surface area contributed by atoms with Crippen LogP contribution in [0.2, 0.25) is 0 Å². The van der Waals surface area contributed by atoms with Gasteiger partial charge in [-0.1, -0.05) is 20.3 Å². The number of amides is 2. The monoisotopic (exact) mass is 271 g/mol. The lowest BCUT2D eigenvalue weighted by molar-refractivity contribution is -0.139. The van der Waals surface area contributed by atoms with Crippen LogP contribution in [-0.2, 0) is 4.79 Å². The molecular weight excluding hydrogens is 246 g/mol. The molecule has 2 N–H and O–H groups in total. The number of carbonyl (C=O) groups is 2. The Hall–Kier alpha value is -1.30. The van der Waals surface area contributed by atoms with Crippen LogP contribution in [0.4, 0.5) is 4.79 Å². The fraction of sp³-hybridized carbons (Fsp3) is 0.846. The molecule has 1 aliphatic heterocycles. The van der Waals surface area contributed by atoms with E-state index in [1.165, 1.54) is 0 Å². The van der Waals surface area contributed by atoms with Crippen LogP contribution in [0, 0.1) is 0 Å². The standard InChI is InChI=1S/C13H25N3O3/c1-4-6-11(12(17)18)14-13(19)16-8-7-15(5-2)10(3)9-16/h10-11H,4-9H2,1-3H3,(H,14,19)(H,17,18). The molecule has 1 heterocycles. The van der Waals surface area contributed by atoms with Crippen LogP contribution in [0.25, 0.3) is 0 Å². The van der Waals surface area contributed by atoms with Crippen LogP contribution in [0.1, 0.15) is 33.6 Å². The summed E-state index contributed by atoms with van der Waals surface area (Å²) in [6.45, 7) is 9.23. The number of hydrogen-bond donors (Lipinski definition) is 2. The summed E-state index contributed by atoms with van der Waals surface area (Å²) < 4.78 is 0. The average molecular weight is 271 g/mol. The highest BCUT2D eigenvalue weighted by Gasteiger charge is 2.28. The quantitative estimate of drug-likeness (QED) is 0.781. The lowest BCUT2D eigenvalue weighted by Crippen LogP contribution is -2.57. The number of nitrogens with zero attached hydrogens (tertiary/aromatic N) is 2. The van der Waals surface area contributed by atoms with Crippen LogP contribution in [0.3, 0.4) is 0 Å². The minimum Gasteiger partial charge on any atom is -0.480 e. The van der Waals surface area contributed by atoms with E-state index in [0.717, 1.165) is 19.5 Å². The minimum atomic E-state index is -0.963. The van der Waals surface area contributed by atoms with Crippen molar-refractivity contribution in [2.24, 2.45) is 0 Å². The van der Waals surface area contributed by atoms with Gasteiger partial charge in [-0.3, -0.25) is 4.90 Å². The second-order valence-electron chi connectivity index (χ2n) is 5.05. The van der Waals surface area contributed by atoms with E-state index in [2.05, 4.69) is 24.1 Å². The summed E-state index contributed by atoms with van der Waals surface area (Å²) in [6.07, 6.45) is 1.20. The summed E-state index contributed by atoms with van der Waals surface area (Å²) in [4.78, 5) is 27.1. The van der Waals surface area contributed by atoms with Crippen LogP contribution in [0.5, 0.6) is 0 Å². The molecule has 0 aromatic carbocycles. The van der Waals surface area contributed by atoms with Gasteiger partial charge in [-0.25, -0.2) is 9.59 Å². The van der Waals surface area contributed by atoms with E-state index in [0.29, 0.717) is 25.6 Å². The van der Waals surface area contributed by atoms with E-state index in [-0.39, 0.29) is 6.03 Å². The Balaban J connectivity index is 2.51. The predicted octanol–water partition coefficient (Wildman–Crippen LogP) is 0.975. The molecule has 0 saturated carbocycles. The third-order valence-electron chi connectivity index (χ3n) is 3.63. The predicted molar refractivity (Wildman–Crippen MR) is 73.1 cm³/mol. The Kier molecular flexibility index (Phi) is 6.08. The van der Waals surface area contributed by atoms with Gasteiger partial charge in [0, 0.05) is 25.7 Å². The number of urea groups is 1. The first-order chi connectivity index (χ1) is 8.99. The zero-order chi connectivity index (χ0) is 14.4. The number of rotatable bonds is 5. The molecule has 1 rings (SSSR count). The van der Waals surface area contributed by atoms with Crippen molar-refractivity contribution in [1.82, 2.24) is 15.1 Å². The molecule has 2 unspecified atom stereocenters. The van der Waals surface area contributed by atoms with E-state index < -0.39 is 12.0 Å². The molecule has 2 amide bonds. The van der Waals surface area contributed by atoms with E-state index >= 15 is 0 Å². The van der Waals surface area contributed by atoms with E-state index in [4.69, 9.17) is 5.11 Å². The van der Waals surface area contributed by atoms with Gasteiger partial charge in [-0.15, -0.1) is 0 Å². The van der Waals surface area contributed by atoms with Crippen molar-refractivity contribution in [3.05, 3.63) is 0 Å². The van der Waals surface area contributed by atoms with Crippen molar-refractivity contribution in [1.29, 1.82) is 0 Å². The Labute approximate surface area is 114 Å². The van der Waals surface area contributed by atoms with Gasteiger partial charge in [0.15, 0.2) is 0 Å². The molecule has 2 atom stereocenters. The van der Waals surface area contributed by atoms with Gasteiger partial charge in [-0.2, -0.15) is 0 Å². The zero-order valence-electron chi connectivity index (χ0n) is 12.1. The molecule has 6 heteroatoms. The van der Waals surface area contributed by atoms with Crippen molar-refractivity contribution < 1.29 is 14.7 Å². The molecule has 0 aliphatic carbocycles. The maximum atomic E-state index is 12.1. The van der Waals surface area contributed by atoms with Gasteiger partial charge in [0.2, 0.25) is 0 Å². The fourth-order valence-corrected chi connectivity index (χ4v) is 2.44. The number of hydrogen-bond acceptors (Lipinski definition) is 3. The van der Waals surface area contributed by atoms with Gasteiger partial charge in [0.05, 0.1) is 0 Å². The number of aliphatic carboxylic acids is 1. The summed E-state index contributed by atoms with van der Waals surface area (Å²) in [5.41, 5.74) is 0. The first-order valence-corrected chi connectivity index (χ1v) is 7.01. The number of nitrogens with one attached hydrogen (secondary N) is 1.